The van der Waals surface area contributed by atoms with Gasteiger partial charge in [-0.25, -0.2) is 4.98 Å². The highest BCUT2D eigenvalue weighted by Crippen LogP contribution is 2.20. The number of hydrogen-bond acceptors (Lipinski definition) is 4. The maximum Gasteiger partial charge on any atom is 0.274 e. The van der Waals surface area contributed by atoms with Gasteiger partial charge in [0.25, 0.3) is 5.56 Å². The molecule has 0 fully saturated rings. The third-order valence-corrected chi connectivity index (χ3v) is 3.32. The first-order valence-electron chi connectivity index (χ1n) is 4.61. The lowest BCUT2D eigenvalue weighted by atomic mass is 10.4. The Morgan fingerprint density at radius 3 is 2.94 bits per heavy atom. The molecule has 1 N–H and O–H groups in total. The maximum absolute atomic E-state index is 11.8. The van der Waals surface area contributed by atoms with Crippen LogP contribution in [-0.4, -0.2) is 9.55 Å². The SMILES string of the molecule is Cc1csc(Nc2cc(Br)cn(C)c2=O)n1. The summed E-state index contributed by atoms with van der Waals surface area (Å²) >= 11 is 4.83. The molecular formula is C10H10BrN3OS. The fourth-order valence-corrected chi connectivity index (χ4v) is 2.52. The normalized spacial score (nSPS) is 10.4. The maximum atomic E-state index is 11.8. The predicted molar refractivity (Wildman–Crippen MR) is 69.5 cm³/mol. The van der Waals surface area contributed by atoms with E-state index in [0.717, 1.165) is 15.3 Å². The average Bonchev–Trinajstić information content (AvgIpc) is 2.60. The van der Waals surface area contributed by atoms with Crippen LogP contribution >= 0.6 is 27.3 Å². The lowest BCUT2D eigenvalue weighted by molar-refractivity contribution is 0.858. The van der Waals surface area contributed by atoms with E-state index in [9.17, 15) is 4.79 Å². The quantitative estimate of drug-likeness (QED) is 0.927. The van der Waals surface area contributed by atoms with E-state index in [0.29, 0.717) is 5.69 Å². The van der Waals surface area contributed by atoms with Gasteiger partial charge in [0.1, 0.15) is 5.69 Å². The molecule has 2 rings (SSSR count). The van der Waals surface area contributed by atoms with Gasteiger partial charge in [-0.3, -0.25) is 4.79 Å². The number of halogens is 1. The summed E-state index contributed by atoms with van der Waals surface area (Å²) in [5.74, 6) is 0. The van der Waals surface area contributed by atoms with Crippen molar-refractivity contribution >= 4 is 38.1 Å². The Hall–Kier alpha value is -1.14. The second-order valence-corrected chi connectivity index (χ2v) is 5.18. The Labute approximate surface area is 105 Å². The van der Waals surface area contributed by atoms with E-state index in [1.54, 1.807) is 19.3 Å². The molecule has 0 bridgehead atoms. The topological polar surface area (TPSA) is 46.9 Å². The fourth-order valence-electron chi connectivity index (χ4n) is 1.29. The minimum atomic E-state index is -0.0731. The molecule has 2 heterocycles. The lowest BCUT2D eigenvalue weighted by Gasteiger charge is -2.05. The third-order valence-electron chi connectivity index (χ3n) is 2.01. The molecule has 0 atom stereocenters. The Morgan fingerprint density at radius 2 is 2.31 bits per heavy atom. The highest BCUT2D eigenvalue weighted by atomic mass is 79.9. The molecule has 6 heteroatoms. The van der Waals surface area contributed by atoms with Crippen LogP contribution in [-0.2, 0) is 7.05 Å². The number of hydrogen-bond donors (Lipinski definition) is 1. The molecular weight excluding hydrogens is 290 g/mol. The summed E-state index contributed by atoms with van der Waals surface area (Å²) < 4.78 is 2.37. The average molecular weight is 300 g/mol. The molecule has 16 heavy (non-hydrogen) atoms. The van der Waals surface area contributed by atoms with E-state index >= 15 is 0 Å². The van der Waals surface area contributed by atoms with Crippen LogP contribution in [0.3, 0.4) is 0 Å². The summed E-state index contributed by atoms with van der Waals surface area (Å²) in [6.07, 6.45) is 1.72. The lowest BCUT2D eigenvalue weighted by Crippen LogP contribution is -2.19. The molecule has 0 spiro atoms. The van der Waals surface area contributed by atoms with Crippen LogP contribution in [0.25, 0.3) is 0 Å². The van der Waals surface area contributed by atoms with Crippen LogP contribution in [0.5, 0.6) is 0 Å². The standard InChI is InChI=1S/C10H10BrN3OS/c1-6-5-16-10(12-6)13-8-3-7(11)4-14(2)9(8)15/h3-5H,1-2H3,(H,12,13). The molecule has 0 aliphatic heterocycles. The largest absolute Gasteiger partial charge is 0.327 e. The predicted octanol–water partition coefficient (Wildman–Crippen LogP) is 2.66. The van der Waals surface area contributed by atoms with Gasteiger partial charge in [0.15, 0.2) is 5.13 Å². The first-order valence-corrected chi connectivity index (χ1v) is 6.29. The highest BCUT2D eigenvalue weighted by Gasteiger charge is 2.05. The van der Waals surface area contributed by atoms with Gasteiger partial charge in [0.2, 0.25) is 0 Å². The van der Waals surface area contributed by atoms with Gasteiger partial charge in [0.05, 0.1) is 5.69 Å². The van der Waals surface area contributed by atoms with Crippen LogP contribution in [0.2, 0.25) is 0 Å². The van der Waals surface area contributed by atoms with Gasteiger partial charge in [-0.2, -0.15) is 0 Å². The van der Waals surface area contributed by atoms with Crippen molar-refractivity contribution in [3.8, 4) is 0 Å². The van der Waals surface area contributed by atoms with Gasteiger partial charge < -0.3 is 9.88 Å². The minimum absolute atomic E-state index is 0.0731. The number of aromatic nitrogens is 2. The van der Waals surface area contributed by atoms with Crippen molar-refractivity contribution in [3.05, 3.63) is 38.2 Å². The van der Waals surface area contributed by atoms with Crippen molar-refractivity contribution in [3.63, 3.8) is 0 Å². The molecule has 2 aromatic heterocycles. The smallest absolute Gasteiger partial charge is 0.274 e. The first kappa shape index (κ1) is 11.3. The minimum Gasteiger partial charge on any atom is -0.327 e. The number of aryl methyl sites for hydroxylation is 2. The number of nitrogens with one attached hydrogen (secondary N) is 1. The van der Waals surface area contributed by atoms with Gasteiger partial charge in [0, 0.05) is 23.1 Å². The Balaban J connectivity index is 2.38. The molecule has 0 saturated carbocycles. The van der Waals surface area contributed by atoms with Gasteiger partial charge in [-0.1, -0.05) is 0 Å². The van der Waals surface area contributed by atoms with Gasteiger partial charge >= 0.3 is 0 Å². The number of thiazole rings is 1. The number of pyridine rings is 1. The third kappa shape index (κ3) is 2.33. The van der Waals surface area contributed by atoms with Crippen molar-refractivity contribution in [1.29, 1.82) is 0 Å². The van der Waals surface area contributed by atoms with Crippen LogP contribution in [0.15, 0.2) is 26.9 Å². The molecule has 4 nitrogen and oxygen atoms in total. The Kier molecular flexibility index (Phi) is 3.11. The summed E-state index contributed by atoms with van der Waals surface area (Å²) in [5, 5.41) is 5.68. The zero-order valence-electron chi connectivity index (χ0n) is 8.82. The number of anilines is 2. The summed E-state index contributed by atoms with van der Waals surface area (Å²) in [4.78, 5) is 16.0. The van der Waals surface area contributed by atoms with E-state index in [-0.39, 0.29) is 5.56 Å². The second-order valence-electron chi connectivity index (χ2n) is 3.41. The van der Waals surface area contributed by atoms with E-state index in [4.69, 9.17) is 0 Å². The second kappa shape index (κ2) is 4.39. The van der Waals surface area contributed by atoms with Gasteiger partial charge in [-0.05, 0) is 28.9 Å². The molecule has 0 aliphatic carbocycles. The summed E-state index contributed by atoms with van der Waals surface area (Å²) in [6.45, 7) is 1.92. The summed E-state index contributed by atoms with van der Waals surface area (Å²) in [6, 6.07) is 1.75. The number of rotatable bonds is 2. The van der Waals surface area contributed by atoms with Crippen molar-refractivity contribution in [2.24, 2.45) is 7.05 Å². The molecule has 0 amide bonds. The summed E-state index contributed by atoms with van der Waals surface area (Å²) in [7, 11) is 1.71. The fraction of sp³-hybridized carbons (Fsp3) is 0.200. The number of nitrogens with zero attached hydrogens (tertiary/aromatic N) is 2. The van der Waals surface area contributed by atoms with Crippen LogP contribution in [0.4, 0.5) is 10.8 Å². The zero-order chi connectivity index (χ0) is 11.7. The van der Waals surface area contributed by atoms with E-state index in [1.807, 2.05) is 12.3 Å². The van der Waals surface area contributed by atoms with Crippen molar-refractivity contribution < 1.29 is 0 Å². The van der Waals surface area contributed by atoms with Crippen LogP contribution < -0.4 is 10.9 Å². The molecule has 0 aliphatic rings. The monoisotopic (exact) mass is 299 g/mol. The molecule has 0 radical (unpaired) electrons. The molecule has 84 valence electrons. The highest BCUT2D eigenvalue weighted by molar-refractivity contribution is 9.10. The van der Waals surface area contributed by atoms with Gasteiger partial charge in [-0.15, -0.1) is 11.3 Å². The summed E-state index contributed by atoms with van der Waals surface area (Å²) in [5.41, 5.74) is 1.39. The van der Waals surface area contributed by atoms with Crippen molar-refractivity contribution in [2.75, 3.05) is 5.32 Å². The Bertz CT molecular complexity index is 576. The Morgan fingerprint density at radius 1 is 1.56 bits per heavy atom. The molecule has 0 aromatic carbocycles. The first-order chi connectivity index (χ1) is 7.56. The van der Waals surface area contributed by atoms with Crippen molar-refractivity contribution in [2.45, 2.75) is 6.92 Å². The molecule has 2 aromatic rings. The van der Waals surface area contributed by atoms with Crippen LogP contribution in [0.1, 0.15) is 5.69 Å². The van der Waals surface area contributed by atoms with Crippen molar-refractivity contribution in [1.82, 2.24) is 9.55 Å². The van der Waals surface area contributed by atoms with E-state index in [2.05, 4.69) is 26.2 Å². The zero-order valence-corrected chi connectivity index (χ0v) is 11.2. The molecule has 0 saturated heterocycles. The van der Waals surface area contributed by atoms with E-state index < -0.39 is 0 Å². The van der Waals surface area contributed by atoms with E-state index in [1.165, 1.54) is 15.9 Å². The van der Waals surface area contributed by atoms with Crippen LogP contribution in [0, 0.1) is 6.92 Å². The molecule has 0 unspecified atom stereocenters.